The molecular formula is C16H20N2O. The van der Waals surface area contributed by atoms with Crippen molar-refractivity contribution >= 4 is 5.91 Å². The summed E-state index contributed by atoms with van der Waals surface area (Å²) in [4.78, 5) is 14.4. The molecule has 100 valence electrons. The highest BCUT2D eigenvalue weighted by Gasteiger charge is 2.27. The number of hydrogen-bond donors (Lipinski definition) is 0. The molecule has 1 aromatic rings. The maximum absolute atomic E-state index is 12.7. The average Bonchev–Trinajstić information content (AvgIpc) is 2.92. The van der Waals surface area contributed by atoms with E-state index in [0.29, 0.717) is 0 Å². The molecule has 0 spiro atoms. The Morgan fingerprint density at radius 3 is 2.68 bits per heavy atom. The van der Waals surface area contributed by atoms with Crippen molar-refractivity contribution in [1.29, 1.82) is 5.26 Å². The summed E-state index contributed by atoms with van der Waals surface area (Å²) in [5.74, 6) is 0.00894. The summed E-state index contributed by atoms with van der Waals surface area (Å²) in [6.45, 7) is 4.13. The predicted octanol–water partition coefficient (Wildman–Crippen LogP) is 3.21. The largest absolute Gasteiger partial charge is 0.322 e. The van der Waals surface area contributed by atoms with Gasteiger partial charge in [-0.3, -0.25) is 4.79 Å². The van der Waals surface area contributed by atoms with E-state index >= 15 is 0 Å². The molecule has 2 rings (SSSR count). The molecule has 1 amide bonds. The fourth-order valence-corrected chi connectivity index (χ4v) is 2.78. The highest BCUT2D eigenvalue weighted by Crippen LogP contribution is 2.25. The van der Waals surface area contributed by atoms with Crippen molar-refractivity contribution in [2.45, 2.75) is 45.6 Å². The van der Waals surface area contributed by atoms with Crippen molar-refractivity contribution < 1.29 is 4.79 Å². The van der Waals surface area contributed by atoms with Crippen molar-refractivity contribution in [2.75, 3.05) is 6.54 Å². The Morgan fingerprint density at radius 2 is 2.05 bits per heavy atom. The van der Waals surface area contributed by atoms with Gasteiger partial charge in [0.05, 0.1) is 6.07 Å². The molecule has 1 aliphatic rings. The van der Waals surface area contributed by atoms with Gasteiger partial charge in [-0.05, 0) is 38.3 Å². The second kappa shape index (κ2) is 5.88. The van der Waals surface area contributed by atoms with Crippen LogP contribution >= 0.6 is 0 Å². The molecule has 0 aliphatic heterocycles. The summed E-state index contributed by atoms with van der Waals surface area (Å²) in [6, 6.07) is 8.29. The van der Waals surface area contributed by atoms with E-state index in [9.17, 15) is 4.79 Å². The molecular weight excluding hydrogens is 236 g/mol. The van der Waals surface area contributed by atoms with Gasteiger partial charge in [0.1, 0.15) is 6.54 Å². The van der Waals surface area contributed by atoms with Crippen LogP contribution in [-0.2, 0) is 0 Å². The van der Waals surface area contributed by atoms with Crippen LogP contribution in [0, 0.1) is 25.2 Å². The topological polar surface area (TPSA) is 44.1 Å². The van der Waals surface area contributed by atoms with Gasteiger partial charge >= 0.3 is 0 Å². The lowest BCUT2D eigenvalue weighted by Gasteiger charge is -2.27. The molecule has 0 radical (unpaired) electrons. The Labute approximate surface area is 114 Å². The average molecular weight is 256 g/mol. The molecule has 0 bridgehead atoms. The standard InChI is InChI=1S/C16H20N2O/c1-12-7-8-13(2)15(11-12)16(19)18(10-9-17)14-5-3-4-6-14/h7-8,11,14H,3-6,10H2,1-2H3. The molecule has 1 aromatic carbocycles. The van der Waals surface area contributed by atoms with Crippen LogP contribution in [0.1, 0.15) is 47.2 Å². The Kier molecular flexibility index (Phi) is 4.21. The van der Waals surface area contributed by atoms with Gasteiger partial charge in [-0.15, -0.1) is 0 Å². The van der Waals surface area contributed by atoms with Gasteiger partial charge in [0.15, 0.2) is 0 Å². The summed E-state index contributed by atoms with van der Waals surface area (Å²) < 4.78 is 0. The molecule has 3 nitrogen and oxygen atoms in total. The zero-order chi connectivity index (χ0) is 13.8. The lowest BCUT2D eigenvalue weighted by molar-refractivity contribution is 0.0708. The van der Waals surface area contributed by atoms with E-state index in [4.69, 9.17) is 5.26 Å². The van der Waals surface area contributed by atoms with E-state index in [1.807, 2.05) is 32.0 Å². The first-order valence-corrected chi connectivity index (χ1v) is 6.88. The van der Waals surface area contributed by atoms with Gasteiger partial charge in [-0.25, -0.2) is 0 Å². The second-order valence-corrected chi connectivity index (χ2v) is 5.35. The van der Waals surface area contributed by atoms with Gasteiger partial charge in [0.25, 0.3) is 5.91 Å². The third-order valence-corrected chi connectivity index (χ3v) is 3.89. The molecule has 0 heterocycles. The fraction of sp³-hybridized carbons (Fsp3) is 0.500. The van der Waals surface area contributed by atoms with Crippen LogP contribution < -0.4 is 0 Å². The van der Waals surface area contributed by atoms with E-state index in [-0.39, 0.29) is 18.5 Å². The number of amides is 1. The minimum atomic E-state index is 0.00894. The first kappa shape index (κ1) is 13.6. The normalized spacial score (nSPS) is 15.2. The third-order valence-electron chi connectivity index (χ3n) is 3.89. The van der Waals surface area contributed by atoms with Crippen molar-refractivity contribution in [3.05, 3.63) is 34.9 Å². The van der Waals surface area contributed by atoms with Gasteiger partial charge in [0, 0.05) is 11.6 Å². The number of carbonyl (C=O) groups excluding carboxylic acids is 1. The molecule has 1 aliphatic carbocycles. The molecule has 1 fully saturated rings. The van der Waals surface area contributed by atoms with Crippen molar-refractivity contribution in [3.63, 3.8) is 0 Å². The van der Waals surface area contributed by atoms with Crippen molar-refractivity contribution in [3.8, 4) is 6.07 Å². The predicted molar refractivity (Wildman–Crippen MR) is 74.8 cm³/mol. The van der Waals surface area contributed by atoms with E-state index in [0.717, 1.165) is 42.4 Å². The lowest BCUT2D eigenvalue weighted by Crippen LogP contribution is -2.39. The van der Waals surface area contributed by atoms with Crippen molar-refractivity contribution in [2.24, 2.45) is 0 Å². The molecule has 0 atom stereocenters. The Hall–Kier alpha value is -1.82. The molecule has 3 heteroatoms. The second-order valence-electron chi connectivity index (χ2n) is 5.35. The van der Waals surface area contributed by atoms with Crippen LogP contribution in [0.15, 0.2) is 18.2 Å². The Bertz CT molecular complexity index is 510. The van der Waals surface area contributed by atoms with Gasteiger partial charge in [-0.1, -0.05) is 30.5 Å². The Balaban J connectivity index is 2.28. The van der Waals surface area contributed by atoms with Gasteiger partial charge in [-0.2, -0.15) is 5.26 Å². The number of benzene rings is 1. The number of nitriles is 1. The quantitative estimate of drug-likeness (QED) is 0.779. The molecule has 0 unspecified atom stereocenters. The Morgan fingerprint density at radius 1 is 1.37 bits per heavy atom. The summed E-state index contributed by atoms with van der Waals surface area (Å²) in [5.41, 5.74) is 2.80. The fourth-order valence-electron chi connectivity index (χ4n) is 2.78. The minimum Gasteiger partial charge on any atom is -0.322 e. The minimum absolute atomic E-state index is 0.00894. The van der Waals surface area contributed by atoms with Gasteiger partial charge in [0.2, 0.25) is 0 Å². The van der Waals surface area contributed by atoms with Crippen LogP contribution in [0.5, 0.6) is 0 Å². The molecule has 19 heavy (non-hydrogen) atoms. The number of hydrogen-bond acceptors (Lipinski definition) is 2. The monoisotopic (exact) mass is 256 g/mol. The smallest absolute Gasteiger partial charge is 0.255 e. The first-order valence-electron chi connectivity index (χ1n) is 6.88. The lowest BCUT2D eigenvalue weighted by atomic mass is 10.0. The number of aryl methyl sites for hydroxylation is 2. The molecule has 0 saturated heterocycles. The van der Waals surface area contributed by atoms with Crippen LogP contribution in [0.2, 0.25) is 0 Å². The summed E-state index contributed by atoms with van der Waals surface area (Å²) in [5, 5.41) is 8.97. The zero-order valence-corrected chi connectivity index (χ0v) is 11.6. The molecule has 0 aromatic heterocycles. The first-order chi connectivity index (χ1) is 9.13. The van der Waals surface area contributed by atoms with Crippen LogP contribution in [0.25, 0.3) is 0 Å². The number of carbonyl (C=O) groups is 1. The highest BCUT2D eigenvalue weighted by atomic mass is 16.2. The number of nitrogens with zero attached hydrogens (tertiary/aromatic N) is 2. The van der Waals surface area contributed by atoms with E-state index < -0.39 is 0 Å². The van der Waals surface area contributed by atoms with E-state index in [2.05, 4.69) is 6.07 Å². The third kappa shape index (κ3) is 2.96. The van der Waals surface area contributed by atoms with E-state index in [1.54, 1.807) is 4.90 Å². The molecule has 1 saturated carbocycles. The highest BCUT2D eigenvalue weighted by molar-refractivity contribution is 5.96. The van der Waals surface area contributed by atoms with Gasteiger partial charge < -0.3 is 4.90 Å². The van der Waals surface area contributed by atoms with Crippen molar-refractivity contribution in [1.82, 2.24) is 4.90 Å². The summed E-state index contributed by atoms with van der Waals surface area (Å²) in [7, 11) is 0. The van der Waals surface area contributed by atoms with E-state index in [1.165, 1.54) is 0 Å². The maximum Gasteiger partial charge on any atom is 0.255 e. The number of rotatable bonds is 3. The van der Waals surface area contributed by atoms with Crippen LogP contribution in [0.4, 0.5) is 0 Å². The summed E-state index contributed by atoms with van der Waals surface area (Å²) in [6.07, 6.45) is 4.37. The van der Waals surface area contributed by atoms with Crippen LogP contribution in [0.3, 0.4) is 0 Å². The zero-order valence-electron chi connectivity index (χ0n) is 11.6. The maximum atomic E-state index is 12.7. The van der Waals surface area contributed by atoms with Crippen LogP contribution in [-0.4, -0.2) is 23.4 Å². The SMILES string of the molecule is Cc1ccc(C)c(C(=O)N(CC#N)C2CCCC2)c1. The summed E-state index contributed by atoms with van der Waals surface area (Å²) >= 11 is 0. The molecule has 0 N–H and O–H groups in total.